The molecule has 0 aliphatic carbocycles. The summed E-state index contributed by atoms with van der Waals surface area (Å²) in [6, 6.07) is 5.16. The largest absolute Gasteiger partial charge is 0.478 e. The summed E-state index contributed by atoms with van der Waals surface area (Å²) in [7, 11) is 0. The van der Waals surface area contributed by atoms with Crippen LogP contribution in [0.1, 0.15) is 11.1 Å². The molecule has 22 heavy (non-hydrogen) atoms. The number of aromatic nitrogens is 2. The molecule has 0 atom stereocenters. The normalized spacial score (nSPS) is 11.1. The molecule has 0 amide bonds. The first-order chi connectivity index (χ1) is 10.5. The molecule has 2 aromatic heterocycles. The third-order valence-electron chi connectivity index (χ3n) is 2.68. The molecule has 0 bridgehead atoms. The zero-order valence-electron chi connectivity index (χ0n) is 11.4. The molecule has 2 aromatic rings. The highest BCUT2D eigenvalue weighted by molar-refractivity contribution is 5.86. The molecule has 0 radical (unpaired) electrons. The minimum Gasteiger partial charge on any atom is -0.478 e. The van der Waals surface area contributed by atoms with E-state index in [-0.39, 0.29) is 0 Å². The Hall–Kier alpha value is -3.28. The number of hydrogen-bond acceptors (Lipinski definition) is 4. The minimum atomic E-state index is -1.04. The predicted molar refractivity (Wildman–Crippen MR) is 80.8 cm³/mol. The van der Waals surface area contributed by atoms with E-state index in [4.69, 9.17) is 10.2 Å². The van der Waals surface area contributed by atoms with Gasteiger partial charge in [-0.15, -0.1) is 0 Å². The van der Waals surface area contributed by atoms with Gasteiger partial charge >= 0.3 is 11.9 Å². The Morgan fingerprint density at radius 2 is 1.64 bits per heavy atom. The van der Waals surface area contributed by atoms with Crippen LogP contribution in [0.4, 0.5) is 0 Å². The zero-order chi connectivity index (χ0) is 15.9. The fraction of sp³-hybridized carbons (Fsp3) is 0. The van der Waals surface area contributed by atoms with Crippen molar-refractivity contribution in [3.8, 4) is 11.3 Å². The number of rotatable bonds is 5. The quantitative estimate of drug-likeness (QED) is 0.821. The number of carbonyl (C=O) groups is 2. The van der Waals surface area contributed by atoms with Gasteiger partial charge in [0.1, 0.15) is 0 Å². The lowest BCUT2D eigenvalue weighted by atomic mass is 10.1. The molecular weight excluding hydrogens is 284 g/mol. The van der Waals surface area contributed by atoms with Crippen LogP contribution in [0.15, 0.2) is 48.9 Å². The highest BCUT2D eigenvalue weighted by atomic mass is 16.4. The van der Waals surface area contributed by atoms with Crippen molar-refractivity contribution < 1.29 is 19.8 Å². The third kappa shape index (κ3) is 4.38. The molecule has 0 aliphatic heterocycles. The molecule has 0 saturated heterocycles. The SMILES string of the molecule is O=C(O)C=Cc1cncc(-c2cc(C=CC(=O)O)ccn2)c1. The smallest absolute Gasteiger partial charge is 0.328 e. The Kier molecular flexibility index (Phi) is 4.77. The van der Waals surface area contributed by atoms with Crippen molar-refractivity contribution in [3.05, 3.63) is 60.1 Å². The van der Waals surface area contributed by atoms with E-state index in [2.05, 4.69) is 9.97 Å². The van der Waals surface area contributed by atoms with Gasteiger partial charge in [-0.3, -0.25) is 9.97 Å². The fourth-order valence-electron chi connectivity index (χ4n) is 1.73. The van der Waals surface area contributed by atoms with Gasteiger partial charge in [0.15, 0.2) is 0 Å². The molecule has 0 spiro atoms. The Bertz CT molecular complexity index is 701. The van der Waals surface area contributed by atoms with Gasteiger partial charge < -0.3 is 10.2 Å². The minimum absolute atomic E-state index is 0.616. The molecule has 6 nitrogen and oxygen atoms in total. The van der Waals surface area contributed by atoms with Crippen molar-refractivity contribution in [1.29, 1.82) is 0 Å². The van der Waals surface area contributed by atoms with Crippen LogP contribution in [0.25, 0.3) is 23.4 Å². The lowest BCUT2D eigenvalue weighted by Gasteiger charge is -2.03. The van der Waals surface area contributed by atoms with E-state index in [1.807, 2.05) is 0 Å². The standard InChI is InChI=1S/C16H12N2O4/c19-15(20)3-1-11-5-6-18-14(8-11)13-7-12(9-17-10-13)2-4-16(21)22/h1-10H,(H,19,20)(H,21,22). The first-order valence-electron chi connectivity index (χ1n) is 6.28. The molecule has 2 N–H and O–H groups in total. The zero-order valence-corrected chi connectivity index (χ0v) is 11.4. The summed E-state index contributed by atoms with van der Waals surface area (Å²) < 4.78 is 0. The molecule has 6 heteroatoms. The Morgan fingerprint density at radius 3 is 2.32 bits per heavy atom. The summed E-state index contributed by atoms with van der Waals surface area (Å²) in [4.78, 5) is 29.3. The second-order valence-electron chi connectivity index (χ2n) is 4.32. The van der Waals surface area contributed by atoms with Crippen LogP contribution in [0.3, 0.4) is 0 Å². The first-order valence-corrected chi connectivity index (χ1v) is 6.28. The van der Waals surface area contributed by atoms with E-state index in [0.717, 1.165) is 12.2 Å². The average molecular weight is 296 g/mol. The molecule has 2 rings (SSSR count). The topological polar surface area (TPSA) is 100 Å². The maximum Gasteiger partial charge on any atom is 0.328 e. The van der Waals surface area contributed by atoms with Crippen LogP contribution in [0, 0.1) is 0 Å². The summed E-state index contributed by atoms with van der Waals surface area (Å²) in [5.41, 5.74) is 2.65. The van der Waals surface area contributed by atoms with Gasteiger partial charge in [0.2, 0.25) is 0 Å². The van der Waals surface area contributed by atoms with Crippen LogP contribution >= 0.6 is 0 Å². The van der Waals surface area contributed by atoms with Crippen molar-refractivity contribution in [1.82, 2.24) is 9.97 Å². The molecule has 0 saturated carbocycles. The molecule has 110 valence electrons. The summed E-state index contributed by atoms with van der Waals surface area (Å²) in [5.74, 6) is -2.06. The maximum atomic E-state index is 10.5. The number of carboxylic acids is 2. The van der Waals surface area contributed by atoms with E-state index in [1.54, 1.807) is 30.6 Å². The monoisotopic (exact) mass is 296 g/mol. The average Bonchev–Trinajstić information content (AvgIpc) is 2.51. The number of nitrogens with zero attached hydrogens (tertiary/aromatic N) is 2. The second-order valence-corrected chi connectivity index (χ2v) is 4.32. The highest BCUT2D eigenvalue weighted by Gasteiger charge is 2.02. The van der Waals surface area contributed by atoms with Crippen LogP contribution in [-0.2, 0) is 9.59 Å². The van der Waals surface area contributed by atoms with Crippen molar-refractivity contribution >= 4 is 24.1 Å². The van der Waals surface area contributed by atoms with Gasteiger partial charge in [-0.05, 0) is 41.5 Å². The van der Waals surface area contributed by atoms with Gasteiger partial charge in [0.25, 0.3) is 0 Å². The van der Waals surface area contributed by atoms with Crippen molar-refractivity contribution in [3.63, 3.8) is 0 Å². The van der Waals surface area contributed by atoms with E-state index in [9.17, 15) is 9.59 Å². The van der Waals surface area contributed by atoms with Gasteiger partial charge in [0.05, 0.1) is 5.69 Å². The number of aliphatic carboxylic acids is 2. The molecule has 0 aromatic carbocycles. The predicted octanol–water partition coefficient (Wildman–Crippen LogP) is 2.34. The Morgan fingerprint density at radius 1 is 0.955 bits per heavy atom. The van der Waals surface area contributed by atoms with E-state index < -0.39 is 11.9 Å². The van der Waals surface area contributed by atoms with Gasteiger partial charge in [-0.25, -0.2) is 9.59 Å². The highest BCUT2D eigenvalue weighted by Crippen LogP contribution is 2.19. The van der Waals surface area contributed by atoms with E-state index in [1.165, 1.54) is 18.3 Å². The molecule has 0 unspecified atom stereocenters. The van der Waals surface area contributed by atoms with Crippen LogP contribution in [0.2, 0.25) is 0 Å². The van der Waals surface area contributed by atoms with Crippen molar-refractivity contribution in [2.24, 2.45) is 0 Å². The summed E-state index contributed by atoms with van der Waals surface area (Å²) >= 11 is 0. The van der Waals surface area contributed by atoms with Gasteiger partial charge in [-0.1, -0.05) is 0 Å². The number of carboxylic acid groups (broad SMARTS) is 2. The van der Waals surface area contributed by atoms with Crippen molar-refractivity contribution in [2.45, 2.75) is 0 Å². The molecule has 2 heterocycles. The Balaban J connectivity index is 2.32. The summed E-state index contributed by atoms with van der Waals surface area (Å²) in [6.07, 6.45) is 9.69. The third-order valence-corrected chi connectivity index (χ3v) is 2.68. The number of hydrogen-bond donors (Lipinski definition) is 2. The second kappa shape index (κ2) is 6.94. The van der Waals surface area contributed by atoms with Crippen molar-refractivity contribution in [2.75, 3.05) is 0 Å². The van der Waals surface area contributed by atoms with Gasteiger partial charge in [0, 0.05) is 36.3 Å². The lowest BCUT2D eigenvalue weighted by Crippen LogP contribution is -1.89. The van der Waals surface area contributed by atoms with Crippen LogP contribution in [-0.4, -0.2) is 32.1 Å². The summed E-state index contributed by atoms with van der Waals surface area (Å²) in [5, 5.41) is 17.3. The van der Waals surface area contributed by atoms with E-state index in [0.29, 0.717) is 22.4 Å². The molecular formula is C16H12N2O4. The molecule has 0 aliphatic rings. The first kappa shape index (κ1) is 15.1. The lowest BCUT2D eigenvalue weighted by molar-refractivity contribution is -0.132. The van der Waals surface area contributed by atoms with Crippen LogP contribution in [0.5, 0.6) is 0 Å². The van der Waals surface area contributed by atoms with Crippen LogP contribution < -0.4 is 0 Å². The van der Waals surface area contributed by atoms with E-state index >= 15 is 0 Å². The maximum absolute atomic E-state index is 10.5. The number of pyridine rings is 2. The van der Waals surface area contributed by atoms with Gasteiger partial charge in [-0.2, -0.15) is 0 Å². The Labute approximate surface area is 126 Å². The summed E-state index contributed by atoms with van der Waals surface area (Å²) in [6.45, 7) is 0. The molecule has 0 fully saturated rings. The fourth-order valence-corrected chi connectivity index (χ4v) is 1.73.